The molecule has 0 fully saturated rings. The van der Waals surface area contributed by atoms with E-state index in [1.54, 1.807) is 18.4 Å². The molecule has 2 amide bonds. The van der Waals surface area contributed by atoms with E-state index in [-0.39, 0.29) is 24.0 Å². The van der Waals surface area contributed by atoms with Gasteiger partial charge in [0.15, 0.2) is 16.7 Å². The smallest absolute Gasteiger partial charge is 0.248 e. The van der Waals surface area contributed by atoms with Crippen LogP contribution in [0.3, 0.4) is 0 Å². The van der Waals surface area contributed by atoms with Crippen LogP contribution in [0.4, 0.5) is 0 Å². The van der Waals surface area contributed by atoms with Crippen molar-refractivity contribution in [3.05, 3.63) is 54.3 Å². The van der Waals surface area contributed by atoms with Crippen LogP contribution in [0.25, 0.3) is 11.6 Å². The predicted molar refractivity (Wildman–Crippen MR) is 101 cm³/mol. The fraction of sp³-hybridized carbons (Fsp3) is 0.222. The molecule has 0 aliphatic heterocycles. The van der Waals surface area contributed by atoms with Crippen LogP contribution < -0.4 is 10.9 Å². The Labute approximate surface area is 160 Å². The molecule has 9 heteroatoms. The van der Waals surface area contributed by atoms with E-state index in [4.69, 9.17) is 4.42 Å². The number of thioether (sulfide) groups is 1. The van der Waals surface area contributed by atoms with Crippen LogP contribution in [0.5, 0.6) is 0 Å². The Kier molecular flexibility index (Phi) is 6.26. The molecule has 0 bridgehead atoms. The first kappa shape index (κ1) is 18.7. The van der Waals surface area contributed by atoms with Crippen molar-refractivity contribution in [2.24, 2.45) is 0 Å². The summed E-state index contributed by atoms with van der Waals surface area (Å²) in [6, 6.07) is 12.9. The van der Waals surface area contributed by atoms with Crippen molar-refractivity contribution >= 4 is 23.6 Å². The summed E-state index contributed by atoms with van der Waals surface area (Å²) in [5, 5.41) is 8.85. The third-order valence-corrected chi connectivity index (χ3v) is 4.62. The molecule has 140 valence electrons. The van der Waals surface area contributed by atoms with Crippen molar-refractivity contribution in [3.63, 3.8) is 0 Å². The molecule has 2 aromatic heterocycles. The number of carbonyl (C=O) groups excluding carboxylic acids is 2. The zero-order valence-electron chi connectivity index (χ0n) is 14.7. The van der Waals surface area contributed by atoms with E-state index in [2.05, 4.69) is 21.0 Å². The van der Waals surface area contributed by atoms with Gasteiger partial charge in [0.1, 0.15) is 0 Å². The summed E-state index contributed by atoms with van der Waals surface area (Å²) in [7, 11) is 0. The van der Waals surface area contributed by atoms with E-state index in [0.29, 0.717) is 23.3 Å². The SMILES string of the molecule is CCn1c(SCC(=O)NNC(=O)Cc2ccccc2)nnc1-c1ccco1. The average molecular weight is 385 g/mol. The Morgan fingerprint density at radius 3 is 2.56 bits per heavy atom. The Morgan fingerprint density at radius 1 is 1.07 bits per heavy atom. The van der Waals surface area contributed by atoms with Gasteiger partial charge in [-0.15, -0.1) is 10.2 Å². The van der Waals surface area contributed by atoms with Gasteiger partial charge in [-0.05, 0) is 24.6 Å². The molecule has 0 atom stereocenters. The van der Waals surface area contributed by atoms with E-state index in [1.807, 2.05) is 41.8 Å². The van der Waals surface area contributed by atoms with Gasteiger partial charge in [-0.2, -0.15) is 0 Å². The lowest BCUT2D eigenvalue weighted by molar-refractivity contribution is -0.127. The monoisotopic (exact) mass is 385 g/mol. The Balaban J connectivity index is 1.49. The van der Waals surface area contributed by atoms with Crippen LogP contribution in [0, 0.1) is 0 Å². The summed E-state index contributed by atoms with van der Waals surface area (Å²) in [6.45, 7) is 2.60. The standard InChI is InChI=1S/C18H19N5O3S/c1-2-23-17(14-9-6-10-26-14)21-22-18(23)27-12-16(25)20-19-15(24)11-13-7-4-3-5-8-13/h3-10H,2,11-12H2,1H3,(H,19,24)(H,20,25). The van der Waals surface area contributed by atoms with E-state index < -0.39 is 0 Å². The van der Waals surface area contributed by atoms with Gasteiger partial charge in [-0.1, -0.05) is 42.1 Å². The number of hydrogen-bond donors (Lipinski definition) is 2. The third-order valence-electron chi connectivity index (χ3n) is 3.66. The number of furan rings is 1. The van der Waals surface area contributed by atoms with Gasteiger partial charge < -0.3 is 4.42 Å². The number of hydrazine groups is 1. The number of amides is 2. The fourth-order valence-electron chi connectivity index (χ4n) is 2.40. The highest BCUT2D eigenvalue weighted by Crippen LogP contribution is 2.23. The molecule has 0 aliphatic rings. The molecule has 27 heavy (non-hydrogen) atoms. The Morgan fingerprint density at radius 2 is 1.85 bits per heavy atom. The summed E-state index contributed by atoms with van der Waals surface area (Å²) >= 11 is 1.24. The second kappa shape index (κ2) is 9.04. The van der Waals surface area contributed by atoms with Crippen LogP contribution >= 0.6 is 11.8 Å². The number of carbonyl (C=O) groups is 2. The minimum atomic E-state index is -0.327. The summed E-state index contributed by atoms with van der Waals surface area (Å²) in [4.78, 5) is 23.8. The van der Waals surface area contributed by atoms with Gasteiger partial charge in [0.25, 0.3) is 0 Å². The normalized spacial score (nSPS) is 10.6. The first-order valence-electron chi connectivity index (χ1n) is 8.39. The van der Waals surface area contributed by atoms with Crippen LogP contribution in [-0.4, -0.2) is 32.3 Å². The van der Waals surface area contributed by atoms with Crippen molar-refractivity contribution in [2.45, 2.75) is 25.0 Å². The molecule has 3 aromatic rings. The Hall–Kier alpha value is -3.07. The minimum Gasteiger partial charge on any atom is -0.461 e. The Bertz CT molecular complexity index is 893. The molecule has 0 spiro atoms. The first-order chi connectivity index (χ1) is 13.2. The van der Waals surface area contributed by atoms with Crippen LogP contribution in [0.15, 0.2) is 58.3 Å². The van der Waals surface area contributed by atoms with Gasteiger partial charge in [0.05, 0.1) is 18.4 Å². The lowest BCUT2D eigenvalue weighted by atomic mass is 10.1. The third kappa shape index (κ3) is 4.98. The van der Waals surface area contributed by atoms with E-state index >= 15 is 0 Å². The molecule has 0 radical (unpaired) electrons. The molecule has 3 rings (SSSR count). The van der Waals surface area contributed by atoms with Gasteiger partial charge in [0.2, 0.25) is 11.8 Å². The predicted octanol–water partition coefficient (Wildman–Crippen LogP) is 2.04. The number of aromatic nitrogens is 3. The van der Waals surface area contributed by atoms with Crippen LogP contribution in [-0.2, 0) is 22.6 Å². The molecule has 2 heterocycles. The lowest BCUT2D eigenvalue weighted by Gasteiger charge is -2.08. The van der Waals surface area contributed by atoms with E-state index in [9.17, 15) is 9.59 Å². The maximum absolute atomic E-state index is 12.0. The molecule has 0 saturated carbocycles. The van der Waals surface area contributed by atoms with Crippen molar-refractivity contribution in [1.29, 1.82) is 0 Å². The quantitative estimate of drug-likeness (QED) is 0.477. The topological polar surface area (TPSA) is 102 Å². The van der Waals surface area contributed by atoms with Gasteiger partial charge in [0, 0.05) is 6.54 Å². The lowest BCUT2D eigenvalue weighted by Crippen LogP contribution is -2.43. The van der Waals surface area contributed by atoms with Crippen molar-refractivity contribution < 1.29 is 14.0 Å². The summed E-state index contributed by atoms with van der Waals surface area (Å²) < 4.78 is 7.22. The fourth-order valence-corrected chi connectivity index (χ4v) is 3.20. The highest BCUT2D eigenvalue weighted by molar-refractivity contribution is 7.99. The minimum absolute atomic E-state index is 0.0991. The average Bonchev–Trinajstić information content (AvgIpc) is 3.34. The zero-order valence-corrected chi connectivity index (χ0v) is 15.5. The van der Waals surface area contributed by atoms with E-state index in [1.165, 1.54) is 11.8 Å². The second-order valence-electron chi connectivity index (χ2n) is 5.58. The summed E-state index contributed by atoms with van der Waals surface area (Å²) in [5.41, 5.74) is 5.70. The molecule has 2 N–H and O–H groups in total. The molecule has 0 unspecified atom stereocenters. The number of hydrogen-bond acceptors (Lipinski definition) is 6. The molecule has 0 saturated heterocycles. The van der Waals surface area contributed by atoms with Crippen LogP contribution in [0.2, 0.25) is 0 Å². The molecular weight excluding hydrogens is 366 g/mol. The maximum atomic E-state index is 12.0. The largest absolute Gasteiger partial charge is 0.461 e. The summed E-state index contributed by atoms with van der Waals surface area (Å²) in [5.74, 6) is 0.723. The number of benzene rings is 1. The second-order valence-corrected chi connectivity index (χ2v) is 6.52. The highest BCUT2D eigenvalue weighted by atomic mass is 32.2. The van der Waals surface area contributed by atoms with Crippen LogP contribution in [0.1, 0.15) is 12.5 Å². The van der Waals surface area contributed by atoms with Crippen molar-refractivity contribution in [2.75, 3.05) is 5.75 Å². The number of nitrogens with zero attached hydrogens (tertiary/aromatic N) is 3. The summed E-state index contributed by atoms with van der Waals surface area (Å²) in [6.07, 6.45) is 1.77. The van der Waals surface area contributed by atoms with Gasteiger partial charge >= 0.3 is 0 Å². The van der Waals surface area contributed by atoms with Crippen molar-refractivity contribution in [3.8, 4) is 11.6 Å². The van der Waals surface area contributed by atoms with Crippen molar-refractivity contribution in [1.82, 2.24) is 25.6 Å². The van der Waals surface area contributed by atoms with Gasteiger partial charge in [-0.25, -0.2) is 0 Å². The zero-order chi connectivity index (χ0) is 19.1. The molecule has 0 aliphatic carbocycles. The van der Waals surface area contributed by atoms with E-state index in [0.717, 1.165) is 5.56 Å². The molecule has 8 nitrogen and oxygen atoms in total. The number of rotatable bonds is 7. The van der Waals surface area contributed by atoms with Gasteiger partial charge in [-0.3, -0.25) is 25.0 Å². The molecular formula is C18H19N5O3S. The first-order valence-corrected chi connectivity index (χ1v) is 9.37. The molecule has 1 aromatic carbocycles. The highest BCUT2D eigenvalue weighted by Gasteiger charge is 2.16. The number of nitrogens with one attached hydrogen (secondary N) is 2. The maximum Gasteiger partial charge on any atom is 0.248 e.